The zero-order valence-corrected chi connectivity index (χ0v) is 18.2. The van der Waals surface area contributed by atoms with Crippen molar-refractivity contribution in [2.75, 3.05) is 5.32 Å². The lowest BCUT2D eigenvalue weighted by Gasteiger charge is -2.27. The van der Waals surface area contributed by atoms with Crippen LogP contribution in [0.3, 0.4) is 0 Å². The molecule has 3 rings (SSSR count). The summed E-state index contributed by atoms with van der Waals surface area (Å²) in [5.41, 5.74) is 1.54. The SMILES string of the molecule is CCc1c(C)sc(NC(=O)[C@H]2CCCC[C@@H]2C(=O)O)c1C(=O)NC1CCCCC1. The minimum Gasteiger partial charge on any atom is -0.481 e. The lowest BCUT2D eigenvalue weighted by atomic mass is 9.78. The van der Waals surface area contributed by atoms with Gasteiger partial charge in [-0.15, -0.1) is 11.3 Å². The van der Waals surface area contributed by atoms with E-state index in [9.17, 15) is 19.5 Å². The van der Waals surface area contributed by atoms with Crippen molar-refractivity contribution in [3.63, 3.8) is 0 Å². The molecule has 1 heterocycles. The van der Waals surface area contributed by atoms with Crippen LogP contribution in [0.4, 0.5) is 5.00 Å². The maximum atomic E-state index is 13.1. The molecule has 2 saturated carbocycles. The van der Waals surface area contributed by atoms with Crippen molar-refractivity contribution in [3.8, 4) is 0 Å². The third-order valence-electron chi connectivity index (χ3n) is 6.39. The maximum Gasteiger partial charge on any atom is 0.307 e. The highest BCUT2D eigenvalue weighted by Crippen LogP contribution is 2.36. The molecule has 0 aliphatic heterocycles. The standard InChI is InChI=1S/C22H32N2O4S/c1-3-15-13(2)29-21(18(15)20(26)23-14-9-5-4-6-10-14)24-19(25)16-11-7-8-12-17(16)22(27)28/h14,16-17H,3-12H2,1-2H3,(H,23,26)(H,24,25)(H,27,28)/t16-,17-/m0/s1. The highest BCUT2D eigenvalue weighted by molar-refractivity contribution is 7.16. The minimum atomic E-state index is -0.906. The monoisotopic (exact) mass is 420 g/mol. The van der Waals surface area contributed by atoms with Gasteiger partial charge in [-0.05, 0) is 44.6 Å². The Bertz CT molecular complexity index is 767. The highest BCUT2D eigenvalue weighted by atomic mass is 32.1. The van der Waals surface area contributed by atoms with Gasteiger partial charge in [-0.25, -0.2) is 0 Å². The van der Waals surface area contributed by atoms with Crippen LogP contribution in [0.25, 0.3) is 0 Å². The van der Waals surface area contributed by atoms with Crippen molar-refractivity contribution >= 4 is 34.1 Å². The Morgan fingerprint density at radius 3 is 2.24 bits per heavy atom. The number of nitrogens with one attached hydrogen (secondary N) is 2. The van der Waals surface area contributed by atoms with E-state index in [1.54, 1.807) is 0 Å². The molecule has 2 amide bonds. The lowest BCUT2D eigenvalue weighted by molar-refractivity contribution is -0.147. The molecule has 0 radical (unpaired) electrons. The van der Waals surface area contributed by atoms with Gasteiger partial charge in [0.05, 0.1) is 17.4 Å². The number of hydrogen-bond acceptors (Lipinski definition) is 4. The molecule has 1 aromatic heterocycles. The summed E-state index contributed by atoms with van der Waals surface area (Å²) >= 11 is 1.42. The number of carboxylic acids is 1. The van der Waals surface area contributed by atoms with Crippen LogP contribution in [-0.4, -0.2) is 28.9 Å². The molecular formula is C22H32N2O4S. The normalized spacial score (nSPS) is 22.8. The van der Waals surface area contributed by atoms with Gasteiger partial charge in [-0.2, -0.15) is 0 Å². The molecule has 2 fully saturated rings. The zero-order chi connectivity index (χ0) is 21.0. The fraction of sp³-hybridized carbons (Fsp3) is 0.682. The molecule has 3 N–H and O–H groups in total. The first kappa shape index (κ1) is 21.8. The average Bonchev–Trinajstić information content (AvgIpc) is 3.03. The van der Waals surface area contributed by atoms with Gasteiger partial charge in [0.1, 0.15) is 5.00 Å². The molecule has 1 aromatic rings. The number of amides is 2. The Labute approximate surface area is 176 Å². The Morgan fingerprint density at radius 1 is 1.00 bits per heavy atom. The summed E-state index contributed by atoms with van der Waals surface area (Å²) in [6, 6.07) is 0.194. The molecule has 0 spiro atoms. The van der Waals surface area contributed by atoms with Crippen LogP contribution in [-0.2, 0) is 16.0 Å². The summed E-state index contributed by atoms with van der Waals surface area (Å²) in [6.07, 6.45) is 9.02. The predicted molar refractivity (Wildman–Crippen MR) is 114 cm³/mol. The molecule has 2 aliphatic carbocycles. The molecule has 29 heavy (non-hydrogen) atoms. The summed E-state index contributed by atoms with van der Waals surface area (Å²) in [5.74, 6) is -2.48. The number of aryl methyl sites for hydroxylation is 1. The van der Waals surface area contributed by atoms with Crippen molar-refractivity contribution in [1.82, 2.24) is 5.32 Å². The van der Waals surface area contributed by atoms with Crippen LogP contribution < -0.4 is 10.6 Å². The third kappa shape index (κ3) is 5.00. The van der Waals surface area contributed by atoms with Crippen LogP contribution in [0.2, 0.25) is 0 Å². The quantitative estimate of drug-likeness (QED) is 0.631. The summed E-state index contributed by atoms with van der Waals surface area (Å²) in [4.78, 5) is 38.7. The molecule has 6 nitrogen and oxygen atoms in total. The number of aliphatic carboxylic acids is 1. The zero-order valence-electron chi connectivity index (χ0n) is 17.4. The maximum absolute atomic E-state index is 13.1. The van der Waals surface area contributed by atoms with E-state index in [2.05, 4.69) is 10.6 Å². The molecule has 2 atom stereocenters. The van der Waals surface area contributed by atoms with Gasteiger partial charge in [0, 0.05) is 10.9 Å². The third-order valence-corrected chi connectivity index (χ3v) is 7.45. The molecule has 7 heteroatoms. The van der Waals surface area contributed by atoms with Crippen LogP contribution in [0.5, 0.6) is 0 Å². The highest BCUT2D eigenvalue weighted by Gasteiger charge is 2.36. The summed E-state index contributed by atoms with van der Waals surface area (Å²) in [6.45, 7) is 3.98. The van der Waals surface area contributed by atoms with Crippen molar-refractivity contribution in [3.05, 3.63) is 16.0 Å². The number of carbonyl (C=O) groups excluding carboxylic acids is 2. The Hall–Kier alpha value is -1.89. The van der Waals surface area contributed by atoms with E-state index in [4.69, 9.17) is 0 Å². The van der Waals surface area contributed by atoms with E-state index in [0.29, 0.717) is 29.8 Å². The molecule has 0 unspecified atom stereocenters. The molecule has 2 aliphatic rings. The second kappa shape index (κ2) is 9.74. The van der Waals surface area contributed by atoms with E-state index in [-0.39, 0.29) is 17.9 Å². The smallest absolute Gasteiger partial charge is 0.307 e. The number of carbonyl (C=O) groups is 3. The Balaban J connectivity index is 1.80. The topological polar surface area (TPSA) is 95.5 Å². The first-order valence-corrected chi connectivity index (χ1v) is 11.7. The van der Waals surface area contributed by atoms with Crippen molar-refractivity contribution in [2.24, 2.45) is 11.8 Å². The number of hydrogen-bond donors (Lipinski definition) is 3. The van der Waals surface area contributed by atoms with E-state index < -0.39 is 17.8 Å². The first-order valence-electron chi connectivity index (χ1n) is 10.9. The minimum absolute atomic E-state index is 0.119. The van der Waals surface area contributed by atoms with Gasteiger partial charge in [-0.1, -0.05) is 39.0 Å². The van der Waals surface area contributed by atoms with E-state index in [1.165, 1.54) is 17.8 Å². The Kier molecular flexibility index (Phi) is 7.33. The van der Waals surface area contributed by atoms with Crippen LogP contribution in [0, 0.1) is 18.8 Å². The van der Waals surface area contributed by atoms with E-state index in [0.717, 1.165) is 49.0 Å². The van der Waals surface area contributed by atoms with E-state index >= 15 is 0 Å². The van der Waals surface area contributed by atoms with Crippen molar-refractivity contribution in [1.29, 1.82) is 0 Å². The second-order valence-electron chi connectivity index (χ2n) is 8.33. The second-order valence-corrected chi connectivity index (χ2v) is 9.55. The molecule has 0 aromatic carbocycles. The van der Waals surface area contributed by atoms with Gasteiger partial charge >= 0.3 is 5.97 Å². The Morgan fingerprint density at radius 2 is 1.62 bits per heavy atom. The van der Waals surface area contributed by atoms with Gasteiger partial charge in [0.25, 0.3) is 5.91 Å². The molecule has 0 bridgehead atoms. The number of thiophene rings is 1. The van der Waals surface area contributed by atoms with Crippen molar-refractivity contribution < 1.29 is 19.5 Å². The average molecular weight is 421 g/mol. The number of anilines is 1. The molecule has 160 valence electrons. The molecular weight excluding hydrogens is 388 g/mol. The fourth-order valence-electron chi connectivity index (χ4n) is 4.78. The first-order chi connectivity index (χ1) is 13.9. The van der Waals surface area contributed by atoms with Gasteiger partial charge in [0.2, 0.25) is 5.91 Å². The van der Waals surface area contributed by atoms with Crippen LogP contribution in [0.1, 0.15) is 85.5 Å². The summed E-state index contributed by atoms with van der Waals surface area (Å²) < 4.78 is 0. The molecule has 0 saturated heterocycles. The van der Waals surface area contributed by atoms with Crippen molar-refractivity contribution in [2.45, 2.75) is 84.1 Å². The summed E-state index contributed by atoms with van der Waals surface area (Å²) in [5, 5.41) is 16.2. The lowest BCUT2D eigenvalue weighted by Crippen LogP contribution is -2.38. The number of rotatable bonds is 6. The van der Waals surface area contributed by atoms with E-state index in [1.807, 2.05) is 13.8 Å². The van der Waals surface area contributed by atoms with Crippen LogP contribution in [0.15, 0.2) is 0 Å². The van der Waals surface area contributed by atoms with Gasteiger partial charge < -0.3 is 15.7 Å². The van der Waals surface area contributed by atoms with Gasteiger partial charge in [0.15, 0.2) is 0 Å². The summed E-state index contributed by atoms with van der Waals surface area (Å²) in [7, 11) is 0. The predicted octanol–water partition coefficient (Wildman–Crippen LogP) is 4.51. The largest absolute Gasteiger partial charge is 0.481 e. The van der Waals surface area contributed by atoms with Gasteiger partial charge in [-0.3, -0.25) is 14.4 Å². The fourth-order valence-corrected chi connectivity index (χ4v) is 5.93. The number of carboxylic acid groups (broad SMARTS) is 1. The van der Waals surface area contributed by atoms with Crippen LogP contribution >= 0.6 is 11.3 Å².